The van der Waals surface area contributed by atoms with Gasteiger partial charge in [0, 0.05) is 23.6 Å². The molecule has 1 aliphatic rings. The summed E-state index contributed by atoms with van der Waals surface area (Å²) in [7, 11) is 0. The molecule has 0 amide bonds. The summed E-state index contributed by atoms with van der Waals surface area (Å²) in [5.41, 5.74) is 6.59. The second kappa shape index (κ2) is 4.70. The number of thioether (sulfide) groups is 1. The van der Waals surface area contributed by atoms with E-state index in [9.17, 15) is 0 Å². The molecular formula is C10H16N4S. The molecule has 0 radical (unpaired) electrons. The van der Waals surface area contributed by atoms with Crippen molar-refractivity contribution in [2.75, 3.05) is 23.3 Å². The molecule has 15 heavy (non-hydrogen) atoms. The lowest BCUT2D eigenvalue weighted by Gasteiger charge is -2.12. The summed E-state index contributed by atoms with van der Waals surface area (Å²) in [6.45, 7) is 2.96. The molecule has 4 nitrogen and oxygen atoms in total. The minimum Gasteiger partial charge on any atom is -0.369 e. The monoisotopic (exact) mass is 224 g/mol. The van der Waals surface area contributed by atoms with Crippen LogP contribution in [0.2, 0.25) is 0 Å². The maximum absolute atomic E-state index is 5.54. The summed E-state index contributed by atoms with van der Waals surface area (Å²) in [6.07, 6.45) is 4.39. The predicted octanol–water partition coefficient (Wildman–Crippen LogP) is 1.67. The van der Waals surface area contributed by atoms with Gasteiger partial charge in [-0.3, -0.25) is 0 Å². The third-order valence-electron chi connectivity index (χ3n) is 2.51. The summed E-state index contributed by atoms with van der Waals surface area (Å²) in [5.74, 6) is 2.49. The van der Waals surface area contributed by atoms with Gasteiger partial charge in [0.25, 0.3) is 0 Å². The second-order valence-corrected chi connectivity index (χ2v) is 5.18. The van der Waals surface area contributed by atoms with E-state index in [4.69, 9.17) is 5.73 Å². The lowest BCUT2D eigenvalue weighted by molar-refractivity contribution is 0.802. The Bertz CT molecular complexity index is 336. The van der Waals surface area contributed by atoms with Gasteiger partial charge in [0.15, 0.2) is 0 Å². The van der Waals surface area contributed by atoms with Gasteiger partial charge in [-0.15, -0.1) is 0 Å². The molecule has 82 valence electrons. The first-order valence-corrected chi connectivity index (χ1v) is 6.25. The van der Waals surface area contributed by atoms with Crippen LogP contribution in [0.4, 0.5) is 11.8 Å². The van der Waals surface area contributed by atoms with Crippen molar-refractivity contribution in [3.63, 3.8) is 0 Å². The van der Waals surface area contributed by atoms with Crippen LogP contribution in [0, 0.1) is 6.92 Å². The third-order valence-corrected chi connectivity index (χ3v) is 3.91. The van der Waals surface area contributed by atoms with Crippen molar-refractivity contribution in [3.8, 4) is 0 Å². The van der Waals surface area contributed by atoms with E-state index < -0.39 is 0 Å². The van der Waals surface area contributed by atoms with Gasteiger partial charge in [0.2, 0.25) is 5.95 Å². The van der Waals surface area contributed by atoms with Gasteiger partial charge < -0.3 is 11.1 Å². The fourth-order valence-electron chi connectivity index (χ4n) is 1.65. The molecule has 3 N–H and O–H groups in total. The van der Waals surface area contributed by atoms with Gasteiger partial charge >= 0.3 is 0 Å². The van der Waals surface area contributed by atoms with Crippen LogP contribution in [-0.2, 0) is 0 Å². The maximum atomic E-state index is 5.54. The van der Waals surface area contributed by atoms with Crippen LogP contribution in [0.3, 0.4) is 0 Å². The highest BCUT2D eigenvalue weighted by molar-refractivity contribution is 8.00. The van der Waals surface area contributed by atoms with Gasteiger partial charge in [0.1, 0.15) is 5.82 Å². The molecule has 1 saturated heterocycles. The first-order valence-electron chi connectivity index (χ1n) is 5.20. The predicted molar refractivity (Wildman–Crippen MR) is 65.2 cm³/mol. The number of anilines is 2. The van der Waals surface area contributed by atoms with E-state index in [0.717, 1.165) is 23.2 Å². The van der Waals surface area contributed by atoms with Crippen molar-refractivity contribution in [2.45, 2.75) is 25.0 Å². The quantitative estimate of drug-likeness (QED) is 0.817. The molecule has 0 bridgehead atoms. The van der Waals surface area contributed by atoms with Gasteiger partial charge in [-0.05, 0) is 25.5 Å². The summed E-state index contributed by atoms with van der Waals surface area (Å²) in [4.78, 5) is 8.12. The third kappa shape index (κ3) is 2.75. The van der Waals surface area contributed by atoms with Gasteiger partial charge in [-0.25, -0.2) is 4.98 Å². The first-order chi connectivity index (χ1) is 7.25. The Hall–Kier alpha value is -0.970. The Morgan fingerprint density at radius 3 is 3.27 bits per heavy atom. The molecule has 1 atom stereocenters. The number of nitrogens with zero attached hydrogens (tertiary/aromatic N) is 2. The Kier molecular flexibility index (Phi) is 3.30. The Morgan fingerprint density at radius 1 is 1.67 bits per heavy atom. The SMILES string of the molecule is Cc1cnc(N)nc1NCC1CCCS1. The molecule has 1 fully saturated rings. The maximum Gasteiger partial charge on any atom is 0.221 e. The highest BCUT2D eigenvalue weighted by atomic mass is 32.2. The molecule has 1 aliphatic heterocycles. The lowest BCUT2D eigenvalue weighted by Crippen LogP contribution is -2.15. The van der Waals surface area contributed by atoms with E-state index in [0.29, 0.717) is 5.95 Å². The summed E-state index contributed by atoms with van der Waals surface area (Å²) in [5, 5.41) is 4.07. The number of hydrogen-bond donors (Lipinski definition) is 2. The van der Waals surface area contributed by atoms with Crippen LogP contribution in [0.15, 0.2) is 6.20 Å². The Labute approximate surface area is 94.1 Å². The van der Waals surface area contributed by atoms with Crippen molar-refractivity contribution in [1.29, 1.82) is 0 Å². The number of hydrogen-bond acceptors (Lipinski definition) is 5. The second-order valence-electron chi connectivity index (χ2n) is 3.78. The molecule has 1 aromatic heterocycles. The van der Waals surface area contributed by atoms with Gasteiger partial charge in [-0.2, -0.15) is 16.7 Å². The molecule has 0 aliphatic carbocycles. The minimum absolute atomic E-state index is 0.335. The highest BCUT2D eigenvalue weighted by Gasteiger charge is 2.15. The fourth-order valence-corrected chi connectivity index (χ4v) is 2.85. The summed E-state index contributed by atoms with van der Waals surface area (Å²) >= 11 is 2.03. The molecule has 0 aromatic carbocycles. The minimum atomic E-state index is 0.335. The van der Waals surface area contributed by atoms with E-state index in [1.165, 1.54) is 18.6 Å². The molecule has 0 spiro atoms. The van der Waals surface area contributed by atoms with Crippen LogP contribution in [0.5, 0.6) is 0 Å². The molecule has 2 heterocycles. The Balaban J connectivity index is 1.94. The van der Waals surface area contributed by atoms with Crippen LogP contribution >= 0.6 is 11.8 Å². The van der Waals surface area contributed by atoms with Crippen molar-refractivity contribution in [1.82, 2.24) is 9.97 Å². The highest BCUT2D eigenvalue weighted by Crippen LogP contribution is 2.26. The zero-order chi connectivity index (χ0) is 10.7. The topological polar surface area (TPSA) is 63.8 Å². The number of nitrogen functional groups attached to an aromatic ring is 1. The Morgan fingerprint density at radius 2 is 2.53 bits per heavy atom. The van der Waals surface area contributed by atoms with Crippen LogP contribution in [0.25, 0.3) is 0 Å². The zero-order valence-corrected chi connectivity index (χ0v) is 9.68. The number of nitrogens with two attached hydrogens (primary N) is 1. The van der Waals surface area contributed by atoms with Crippen LogP contribution in [-0.4, -0.2) is 27.5 Å². The number of nitrogens with one attached hydrogen (secondary N) is 1. The number of aromatic nitrogens is 2. The van der Waals surface area contributed by atoms with Crippen LogP contribution < -0.4 is 11.1 Å². The fraction of sp³-hybridized carbons (Fsp3) is 0.600. The van der Waals surface area contributed by atoms with Crippen molar-refractivity contribution >= 4 is 23.5 Å². The zero-order valence-electron chi connectivity index (χ0n) is 8.86. The summed E-state index contributed by atoms with van der Waals surface area (Å²) in [6, 6.07) is 0. The van der Waals surface area contributed by atoms with E-state index in [2.05, 4.69) is 15.3 Å². The molecule has 1 aromatic rings. The lowest BCUT2D eigenvalue weighted by atomic mass is 10.2. The van der Waals surface area contributed by atoms with Crippen LogP contribution in [0.1, 0.15) is 18.4 Å². The number of rotatable bonds is 3. The van der Waals surface area contributed by atoms with E-state index in [1.807, 2.05) is 18.7 Å². The van der Waals surface area contributed by atoms with Crippen molar-refractivity contribution in [2.24, 2.45) is 0 Å². The average Bonchev–Trinajstić information content (AvgIpc) is 2.72. The molecule has 2 rings (SSSR count). The van der Waals surface area contributed by atoms with E-state index >= 15 is 0 Å². The molecule has 1 unspecified atom stereocenters. The number of aryl methyl sites for hydroxylation is 1. The van der Waals surface area contributed by atoms with E-state index in [-0.39, 0.29) is 0 Å². The van der Waals surface area contributed by atoms with Gasteiger partial charge in [0.05, 0.1) is 0 Å². The molecule has 0 saturated carbocycles. The summed E-state index contributed by atoms with van der Waals surface area (Å²) < 4.78 is 0. The molecule has 5 heteroatoms. The van der Waals surface area contributed by atoms with Gasteiger partial charge in [-0.1, -0.05) is 0 Å². The molecular weight excluding hydrogens is 208 g/mol. The standard InChI is InChI=1S/C10H16N4S/c1-7-5-13-10(11)14-9(7)12-6-8-3-2-4-15-8/h5,8H,2-4,6H2,1H3,(H3,11,12,13,14). The largest absolute Gasteiger partial charge is 0.369 e. The average molecular weight is 224 g/mol. The first kappa shape index (κ1) is 10.5. The van der Waals surface area contributed by atoms with Crippen molar-refractivity contribution in [3.05, 3.63) is 11.8 Å². The van der Waals surface area contributed by atoms with E-state index in [1.54, 1.807) is 6.20 Å². The smallest absolute Gasteiger partial charge is 0.221 e. The normalized spacial score (nSPS) is 20.5. The van der Waals surface area contributed by atoms with Crippen molar-refractivity contribution < 1.29 is 0 Å².